The van der Waals surface area contributed by atoms with Crippen molar-refractivity contribution < 1.29 is 4.79 Å². The Morgan fingerprint density at radius 2 is 1.69 bits per heavy atom. The molecule has 0 saturated carbocycles. The number of nitrogens with one attached hydrogen (secondary N) is 1. The maximum atomic E-state index is 12.9. The average Bonchev–Trinajstić information content (AvgIpc) is 3.26. The minimum atomic E-state index is -0.0653. The van der Waals surface area contributed by atoms with E-state index in [1.54, 1.807) is 6.20 Å². The molecule has 0 aromatic carbocycles. The van der Waals surface area contributed by atoms with Crippen LogP contribution in [-0.2, 0) is 4.79 Å². The Morgan fingerprint density at radius 1 is 1.03 bits per heavy atom. The van der Waals surface area contributed by atoms with E-state index >= 15 is 0 Å². The van der Waals surface area contributed by atoms with Crippen LogP contribution in [0.15, 0.2) is 24.5 Å². The predicted molar refractivity (Wildman–Crippen MR) is 144 cm³/mol. The number of thioether (sulfide) groups is 1. The molecule has 2 fully saturated rings. The van der Waals surface area contributed by atoms with Crippen LogP contribution in [0.25, 0.3) is 0 Å². The van der Waals surface area contributed by atoms with Gasteiger partial charge in [-0.2, -0.15) is 0 Å². The standard InChI is InChI=1S/C23H38N4OS.3ClH/c1-2-3-4-5-6-7-8-9-13-26-14-16-27(17-15-26)23(28)21-19-29-22(25-21)20-11-10-12-24-18-20;;;/h10-12,18,21-22,25H,2-9,13-17,19H2,1H3;3*1H. The summed E-state index contributed by atoms with van der Waals surface area (Å²) in [5.74, 6) is 1.12. The number of aromatic nitrogens is 1. The van der Waals surface area contributed by atoms with Gasteiger partial charge in [-0.05, 0) is 24.6 Å². The van der Waals surface area contributed by atoms with Crippen LogP contribution in [0.4, 0.5) is 0 Å². The summed E-state index contributed by atoms with van der Waals surface area (Å²) in [7, 11) is 0. The van der Waals surface area contributed by atoms with Crippen molar-refractivity contribution >= 4 is 54.9 Å². The number of carbonyl (C=O) groups excluding carboxylic acids is 1. The third kappa shape index (κ3) is 10.4. The monoisotopic (exact) mass is 526 g/mol. The van der Waals surface area contributed by atoms with Gasteiger partial charge >= 0.3 is 0 Å². The summed E-state index contributed by atoms with van der Waals surface area (Å²) in [6.07, 6.45) is 14.6. The van der Waals surface area contributed by atoms with Crippen molar-refractivity contribution in [3.8, 4) is 0 Å². The van der Waals surface area contributed by atoms with Crippen molar-refractivity contribution in [3.05, 3.63) is 30.1 Å². The molecule has 32 heavy (non-hydrogen) atoms. The molecule has 0 radical (unpaired) electrons. The Morgan fingerprint density at radius 3 is 2.31 bits per heavy atom. The summed E-state index contributed by atoms with van der Waals surface area (Å²) >= 11 is 1.81. The number of nitrogens with zero attached hydrogens (tertiary/aromatic N) is 3. The predicted octanol–water partition coefficient (Wildman–Crippen LogP) is 5.34. The highest BCUT2D eigenvalue weighted by molar-refractivity contribution is 7.99. The van der Waals surface area contributed by atoms with Crippen molar-refractivity contribution in [2.75, 3.05) is 38.5 Å². The van der Waals surface area contributed by atoms with Crippen LogP contribution in [0.3, 0.4) is 0 Å². The Bertz CT molecular complexity index is 606. The zero-order chi connectivity index (χ0) is 20.3. The first kappa shape index (κ1) is 31.8. The summed E-state index contributed by atoms with van der Waals surface area (Å²) in [5.41, 5.74) is 1.16. The Hall–Kier alpha value is -0.240. The molecule has 9 heteroatoms. The minimum absolute atomic E-state index is 0. The second-order valence-electron chi connectivity index (χ2n) is 8.36. The SMILES string of the molecule is CCCCCCCCCCN1CCN(C(=O)C2CSC(c3cccnc3)N2)CC1.Cl.Cl.Cl. The molecule has 2 aliphatic heterocycles. The van der Waals surface area contributed by atoms with Gasteiger partial charge in [-0.25, -0.2) is 0 Å². The lowest BCUT2D eigenvalue weighted by molar-refractivity contribution is -0.134. The maximum Gasteiger partial charge on any atom is 0.240 e. The highest BCUT2D eigenvalue weighted by Gasteiger charge is 2.34. The van der Waals surface area contributed by atoms with E-state index in [-0.39, 0.29) is 54.5 Å². The van der Waals surface area contributed by atoms with Crippen LogP contribution in [-0.4, -0.2) is 65.2 Å². The lowest BCUT2D eigenvalue weighted by Crippen LogP contribution is -2.53. The lowest BCUT2D eigenvalue weighted by atomic mass is 10.1. The highest BCUT2D eigenvalue weighted by Crippen LogP contribution is 2.32. The first-order valence-electron chi connectivity index (χ1n) is 11.6. The molecule has 3 rings (SSSR count). The van der Waals surface area contributed by atoms with Gasteiger partial charge in [0.15, 0.2) is 0 Å². The Labute approximate surface area is 217 Å². The number of halogens is 3. The van der Waals surface area contributed by atoms with Crippen LogP contribution in [0.5, 0.6) is 0 Å². The molecular formula is C23H41Cl3N4OS. The van der Waals surface area contributed by atoms with E-state index < -0.39 is 0 Å². The quantitative estimate of drug-likeness (QED) is 0.394. The maximum absolute atomic E-state index is 12.9. The van der Waals surface area contributed by atoms with Crippen molar-refractivity contribution in [2.24, 2.45) is 0 Å². The molecule has 0 aliphatic carbocycles. The van der Waals surface area contributed by atoms with E-state index in [1.807, 2.05) is 24.0 Å². The molecule has 1 N–H and O–H groups in total. The van der Waals surface area contributed by atoms with Gasteiger partial charge in [-0.3, -0.25) is 20.0 Å². The summed E-state index contributed by atoms with van der Waals surface area (Å²) in [5, 5.41) is 3.68. The fourth-order valence-electron chi connectivity index (χ4n) is 4.22. The van der Waals surface area contributed by atoms with Gasteiger partial charge in [-0.1, -0.05) is 57.9 Å². The Kier molecular flexibility index (Phi) is 18.0. The van der Waals surface area contributed by atoms with E-state index in [9.17, 15) is 4.79 Å². The zero-order valence-electron chi connectivity index (χ0n) is 19.2. The van der Waals surface area contributed by atoms with Gasteiger partial charge in [0.25, 0.3) is 0 Å². The van der Waals surface area contributed by atoms with Crippen LogP contribution >= 0.6 is 49.0 Å². The van der Waals surface area contributed by atoms with Crippen molar-refractivity contribution in [1.29, 1.82) is 0 Å². The molecule has 3 heterocycles. The summed E-state index contributed by atoms with van der Waals surface area (Å²) in [6, 6.07) is 3.97. The van der Waals surface area contributed by atoms with E-state index in [0.717, 1.165) is 37.5 Å². The molecule has 1 aromatic rings. The largest absolute Gasteiger partial charge is 0.339 e. The van der Waals surface area contributed by atoms with Crippen LogP contribution in [0.1, 0.15) is 69.2 Å². The molecule has 2 atom stereocenters. The summed E-state index contributed by atoms with van der Waals surface area (Å²) < 4.78 is 0. The van der Waals surface area contributed by atoms with E-state index in [4.69, 9.17) is 0 Å². The molecule has 1 amide bonds. The van der Waals surface area contributed by atoms with E-state index in [2.05, 4.69) is 33.1 Å². The fraction of sp³-hybridized carbons (Fsp3) is 0.739. The molecule has 186 valence electrons. The second kappa shape index (κ2) is 18.1. The first-order valence-corrected chi connectivity index (χ1v) is 12.6. The van der Waals surface area contributed by atoms with E-state index in [0.29, 0.717) is 0 Å². The molecule has 1 aromatic heterocycles. The summed E-state index contributed by atoms with van der Waals surface area (Å²) in [4.78, 5) is 21.7. The van der Waals surface area contributed by atoms with Gasteiger partial charge < -0.3 is 4.90 Å². The van der Waals surface area contributed by atoms with Gasteiger partial charge in [0.05, 0.1) is 11.4 Å². The average molecular weight is 528 g/mol. The molecular weight excluding hydrogens is 487 g/mol. The van der Waals surface area contributed by atoms with Crippen molar-refractivity contribution in [3.63, 3.8) is 0 Å². The normalized spacial score (nSPS) is 20.7. The van der Waals surface area contributed by atoms with Crippen LogP contribution in [0.2, 0.25) is 0 Å². The number of hydrogen-bond acceptors (Lipinski definition) is 5. The summed E-state index contributed by atoms with van der Waals surface area (Å²) in [6.45, 7) is 7.25. The number of carbonyl (C=O) groups is 1. The van der Waals surface area contributed by atoms with Crippen molar-refractivity contribution in [2.45, 2.75) is 69.7 Å². The third-order valence-corrected chi connectivity index (χ3v) is 7.35. The molecule has 0 bridgehead atoms. The molecule has 5 nitrogen and oxygen atoms in total. The van der Waals surface area contributed by atoms with Crippen molar-refractivity contribution in [1.82, 2.24) is 20.1 Å². The topological polar surface area (TPSA) is 48.5 Å². The lowest BCUT2D eigenvalue weighted by Gasteiger charge is -2.36. The minimum Gasteiger partial charge on any atom is -0.339 e. The highest BCUT2D eigenvalue weighted by atomic mass is 35.5. The fourth-order valence-corrected chi connectivity index (χ4v) is 5.44. The van der Waals surface area contributed by atoms with Crippen LogP contribution in [0, 0.1) is 0 Å². The van der Waals surface area contributed by atoms with Gasteiger partial charge in [0.2, 0.25) is 5.91 Å². The Balaban J connectivity index is 0.00000320. The zero-order valence-corrected chi connectivity index (χ0v) is 22.5. The smallest absolute Gasteiger partial charge is 0.240 e. The molecule has 2 saturated heterocycles. The number of piperazine rings is 1. The van der Waals surface area contributed by atoms with E-state index in [1.165, 1.54) is 57.9 Å². The number of rotatable bonds is 11. The van der Waals surface area contributed by atoms with Gasteiger partial charge in [-0.15, -0.1) is 49.0 Å². The van der Waals surface area contributed by atoms with Gasteiger partial charge in [0, 0.05) is 44.3 Å². The second-order valence-corrected chi connectivity index (χ2v) is 9.50. The van der Waals surface area contributed by atoms with Gasteiger partial charge in [0.1, 0.15) is 0 Å². The molecule has 2 unspecified atom stereocenters. The first-order chi connectivity index (χ1) is 14.3. The molecule has 0 spiro atoms. The molecule has 2 aliphatic rings. The number of amides is 1. The number of hydrogen-bond donors (Lipinski definition) is 1. The van der Waals surface area contributed by atoms with Crippen LogP contribution < -0.4 is 5.32 Å². The number of pyridine rings is 1. The number of unbranched alkanes of at least 4 members (excludes halogenated alkanes) is 7. The third-order valence-electron chi connectivity index (χ3n) is 6.08.